The molecule has 51 heteroatoms. The average molecular weight is 2210 g/mol. The van der Waals surface area contributed by atoms with Crippen LogP contribution in [0.1, 0.15) is 22.3 Å². The van der Waals surface area contributed by atoms with E-state index in [-0.39, 0.29) is 56.7 Å². The molecule has 18 rings (SSSR count). The second kappa shape index (κ2) is 39.4. The molecule has 32 nitrogen and oxygen atoms in total. The van der Waals surface area contributed by atoms with E-state index in [0.717, 1.165) is 71.7 Å². The van der Waals surface area contributed by atoms with E-state index in [4.69, 9.17) is 57.8 Å². The predicted octanol–water partition coefficient (Wildman–Crippen LogP) is 21.8. The van der Waals surface area contributed by atoms with Crippen LogP contribution in [0.15, 0.2) is 390 Å². The number of benzene rings is 12. The molecule has 0 saturated heterocycles. The Morgan fingerprint density at radius 2 is 0.435 bits per heavy atom. The quantitative estimate of drug-likeness (QED) is 0.00638. The van der Waals surface area contributed by atoms with Crippen LogP contribution < -0.4 is 11.0 Å². The molecule has 0 radical (unpaired) electrons. The monoisotopic (exact) mass is 2210 g/mol. The van der Waals surface area contributed by atoms with Crippen molar-refractivity contribution >= 4 is 274 Å². The third-order valence-electron chi connectivity index (χ3n) is 19.2. The van der Waals surface area contributed by atoms with Crippen LogP contribution in [0, 0.1) is 0 Å². The molecule has 0 atom stereocenters. The number of hydrogen-bond donors (Lipinski definition) is 8. The Balaban J connectivity index is 1.04. The summed E-state index contributed by atoms with van der Waals surface area (Å²) in [4.78, 5) is 43.3. The molecule has 0 fully saturated rings. The van der Waals surface area contributed by atoms with Crippen LogP contribution in [-0.4, -0.2) is 119 Å². The van der Waals surface area contributed by atoms with Crippen molar-refractivity contribution in [2.75, 3.05) is 0 Å². The predicted molar refractivity (Wildman–Crippen MR) is 499 cm³/mol. The van der Waals surface area contributed by atoms with Gasteiger partial charge in [-0.2, -0.15) is 16.8 Å². The van der Waals surface area contributed by atoms with Gasteiger partial charge in [0.25, 0.3) is 0 Å². The van der Waals surface area contributed by atoms with Crippen LogP contribution >= 0.6 is 160 Å². The summed E-state index contributed by atoms with van der Waals surface area (Å²) in [7, 11) is -0.542. The Morgan fingerprint density at radius 3 is 0.656 bits per heavy atom. The fraction of sp³-hybridized carbons (Fsp3) is 0. The van der Waals surface area contributed by atoms with Crippen molar-refractivity contribution < 1.29 is 110 Å². The maximum atomic E-state index is 12.8. The number of rotatable bonds is 32. The van der Waals surface area contributed by atoms with Crippen molar-refractivity contribution in [2.24, 2.45) is 30.0 Å². The Hall–Kier alpha value is -7.26. The number of aliphatic imine (C=N–C) groups is 4. The number of aromatic nitrogens is 2. The third kappa shape index (κ3) is 20.3. The molecule has 666 valence electrons. The van der Waals surface area contributed by atoms with Gasteiger partial charge in [0.1, 0.15) is 0 Å². The van der Waals surface area contributed by atoms with Crippen molar-refractivity contribution in [3.8, 4) is 0 Å². The number of hydrogen-bond acceptors (Lipinski definition) is 38. The molecule has 0 saturated carbocycles. The van der Waals surface area contributed by atoms with Gasteiger partial charge in [0.2, 0.25) is 0 Å². The van der Waals surface area contributed by atoms with Crippen LogP contribution in [-0.2, 0) is 78.0 Å². The Bertz CT molecular complexity index is 7280. The first kappa shape index (κ1) is 94.1. The maximum absolute atomic E-state index is 12.8. The number of nitrogens with zero attached hydrogens (tertiary/aromatic N) is 8. The molecule has 4 aliphatic heterocycles. The zero-order valence-corrected chi connectivity index (χ0v) is 82.0. The Morgan fingerprint density at radius 1 is 0.244 bits per heavy atom. The van der Waals surface area contributed by atoms with Crippen LogP contribution in [0.3, 0.4) is 0 Å². The first-order valence-electron chi connectivity index (χ1n) is 36.6. The van der Waals surface area contributed by atoms with Crippen molar-refractivity contribution in [3.05, 3.63) is 276 Å². The fourth-order valence-corrected chi connectivity index (χ4v) is 34.4. The first-order chi connectivity index (χ1) is 63.0. The van der Waals surface area contributed by atoms with E-state index in [1.54, 1.807) is 90.5 Å². The summed E-state index contributed by atoms with van der Waals surface area (Å²) in [6.07, 6.45) is 0. The molecule has 8 N–H and O–H groups in total. The van der Waals surface area contributed by atoms with Crippen molar-refractivity contribution in [1.82, 2.24) is 5.58 Å². The van der Waals surface area contributed by atoms with Crippen LogP contribution in [0.25, 0.3) is 21.5 Å². The summed E-state index contributed by atoms with van der Waals surface area (Å²) in [5.74, 6) is -0.0781. The summed E-state index contributed by atoms with van der Waals surface area (Å²) in [5.41, 5.74) is 1.51. The molecule has 0 unspecified atom stereocenters. The zero-order chi connectivity index (χ0) is 91.4. The van der Waals surface area contributed by atoms with E-state index in [2.05, 4.69) is 20.2 Å². The minimum absolute atomic E-state index is 0.0146. The SMILES string of the molecule is O=S(=O)(O)c1ccc(Sc2ccc(Sc3ccc(SOOO)cc3)c3c2C2=Nc4c5c(Sc6ccc(S(=O)(=O)O)cc6)ccc(Sc6ccc(S(=O)(=O)O)cc6)c5c5[n]4[Sn]([Cl])([Cl])[n]4c(c6c(Sc7ccc(SOOO)cc7)ccc(Sc7ccc(SOOO)cc7)c6c4=NC4=NC(=N5)c5c(Sc6ccc(S(=O)(=O)O)cc6)ccc(Sc6ccc(SOOO)cc6)c54)=NC3=N2)cc1. The molecule has 4 aliphatic rings. The van der Waals surface area contributed by atoms with Gasteiger partial charge in [0.15, 0.2) is 0 Å². The number of fused-ring (bicyclic) bond motifs is 14. The molecule has 6 bridgehead atoms. The van der Waals surface area contributed by atoms with E-state index >= 15 is 0 Å². The summed E-state index contributed by atoms with van der Waals surface area (Å²) in [6.45, 7) is 0. The van der Waals surface area contributed by atoms with Gasteiger partial charge < -0.3 is 0 Å². The molecular formula is C80H48Cl2N8O24S16Sn. The Kier molecular flexibility index (Phi) is 28.3. The second-order valence-electron chi connectivity index (χ2n) is 27.1. The zero-order valence-electron chi connectivity index (χ0n) is 64.6. The Labute approximate surface area is 804 Å². The van der Waals surface area contributed by atoms with Crippen LogP contribution in [0.2, 0.25) is 0 Å². The molecule has 0 amide bonds. The topological polar surface area (TPSA) is 456 Å². The van der Waals surface area contributed by atoms with Gasteiger partial charge >= 0.3 is 747 Å². The van der Waals surface area contributed by atoms with Crippen molar-refractivity contribution in [1.29, 1.82) is 0 Å². The van der Waals surface area contributed by atoms with E-state index in [1.807, 2.05) is 60.7 Å². The van der Waals surface area contributed by atoms with Crippen LogP contribution in [0.4, 0.5) is 11.6 Å². The fourth-order valence-electron chi connectivity index (χ4n) is 13.7. The van der Waals surface area contributed by atoms with Gasteiger partial charge in [-0.25, -0.2) is 21.0 Å². The van der Waals surface area contributed by atoms with E-state index in [1.165, 1.54) is 168 Å². The summed E-state index contributed by atoms with van der Waals surface area (Å²) in [5, 5.41) is 53.8. The molecule has 6 heterocycles. The van der Waals surface area contributed by atoms with Gasteiger partial charge in [-0.1, -0.05) is 10.1 Å². The molecule has 0 spiro atoms. The molecule has 14 aromatic rings. The number of amidine groups is 4. The van der Waals surface area contributed by atoms with Crippen LogP contribution in [0.5, 0.6) is 0 Å². The normalized spacial score (nSPS) is 13.9. The average Bonchev–Trinajstić information content (AvgIpc) is 1.52. The van der Waals surface area contributed by atoms with Crippen molar-refractivity contribution in [3.63, 3.8) is 0 Å². The van der Waals surface area contributed by atoms with E-state index in [0.29, 0.717) is 131 Å². The molecule has 12 aromatic carbocycles. The molecular weight excluding hydrogens is 2160 g/mol. The van der Waals surface area contributed by atoms with Gasteiger partial charge in [0.05, 0.1) is 0 Å². The van der Waals surface area contributed by atoms with Crippen molar-refractivity contribution in [2.45, 2.75) is 117 Å². The standard InChI is InChI=1S/C80H48N8O24S16.2ClH.Sn/c89-105-109-121-49-9-1-41(2-10-49)113-57-33-34-58(114-42-3-11-50(12-4-42)122-110-106-90)66-65(57)73-81-74(66)83-76-68-60(116-44-7-15-52(16-8-44)124-112-108-92)36-38-62(118-46-19-27-54(28-20-46)126(96,97)98)70(68)78(85-76)87-80-72-64(120-48-23-31-56(32-24-48)128(102,103)104)40-39-63(119-47-21-29-55(30-22-47)127(99,100)101)71(72)79(88-80)86-77-69-61(117-45-17-25-53(26-18-45)125(93,94)95)37-35-59(67(69)75(82-73)84-77)115-43-5-13-51(14-6-43)123-111-107-91;;;/h1-40H,(H8-2,81,82,83,84,85,86,87,88,89,90,91,92,93,94,95,96,97,98,99,100,101,102,103,104);2*1H;/q-2;;;+4/p-2. The van der Waals surface area contributed by atoms with Gasteiger partial charge in [-0.15, -0.1) is 8.67 Å². The van der Waals surface area contributed by atoms with Gasteiger partial charge in [-0.05, 0) is 0 Å². The third-order valence-corrected chi connectivity index (χ3v) is 43.6. The molecule has 0 aliphatic carbocycles. The summed E-state index contributed by atoms with van der Waals surface area (Å²) < 4.78 is 166. The van der Waals surface area contributed by atoms with Gasteiger partial charge in [-0.3, -0.25) is 9.11 Å². The van der Waals surface area contributed by atoms with E-state index < -0.39 is 76.7 Å². The van der Waals surface area contributed by atoms with E-state index in [9.17, 15) is 80.2 Å². The number of halogens is 2. The summed E-state index contributed by atoms with van der Waals surface area (Å²) >= 11 is 6.08. The second-order valence-corrected chi connectivity index (χ2v) is 58.6. The molecule has 131 heavy (non-hydrogen) atoms. The van der Waals surface area contributed by atoms with Gasteiger partial charge in [0, 0.05) is 0 Å². The first-order valence-corrected chi connectivity index (χ1v) is 61.7. The summed E-state index contributed by atoms with van der Waals surface area (Å²) in [6, 6.07) is 64.8. The minimum atomic E-state index is -6.65. The molecule has 2 aromatic heterocycles.